The SMILES string of the molecule is Clc1ccc(CCNCc2ccccc2Cl)cc1. The molecular formula is C15H15Cl2N. The second kappa shape index (κ2) is 6.79. The van der Waals surface area contributed by atoms with Crippen molar-refractivity contribution in [3.63, 3.8) is 0 Å². The van der Waals surface area contributed by atoms with Gasteiger partial charge in [0.1, 0.15) is 0 Å². The molecule has 0 unspecified atom stereocenters. The van der Waals surface area contributed by atoms with Crippen LogP contribution in [0.5, 0.6) is 0 Å². The minimum absolute atomic E-state index is 0.780. The van der Waals surface area contributed by atoms with E-state index in [1.807, 2.05) is 36.4 Å². The Kier molecular flexibility index (Phi) is 5.06. The van der Waals surface area contributed by atoms with Crippen LogP contribution in [0.3, 0.4) is 0 Å². The maximum Gasteiger partial charge on any atom is 0.0450 e. The Labute approximate surface area is 118 Å². The lowest BCUT2D eigenvalue weighted by Crippen LogP contribution is -2.16. The van der Waals surface area contributed by atoms with E-state index in [0.717, 1.165) is 35.1 Å². The first-order valence-corrected chi connectivity index (χ1v) is 6.70. The molecule has 0 aromatic heterocycles. The molecule has 0 bridgehead atoms. The van der Waals surface area contributed by atoms with Crippen LogP contribution in [0.4, 0.5) is 0 Å². The van der Waals surface area contributed by atoms with E-state index in [1.54, 1.807) is 0 Å². The van der Waals surface area contributed by atoms with E-state index in [4.69, 9.17) is 23.2 Å². The fourth-order valence-corrected chi connectivity index (χ4v) is 2.08. The van der Waals surface area contributed by atoms with Gasteiger partial charge in [0.05, 0.1) is 0 Å². The van der Waals surface area contributed by atoms with E-state index < -0.39 is 0 Å². The zero-order valence-electron chi connectivity index (χ0n) is 10.00. The van der Waals surface area contributed by atoms with Crippen LogP contribution in [0.1, 0.15) is 11.1 Å². The molecule has 0 fully saturated rings. The molecule has 18 heavy (non-hydrogen) atoms. The molecule has 2 rings (SSSR count). The van der Waals surface area contributed by atoms with E-state index in [0.29, 0.717) is 0 Å². The van der Waals surface area contributed by atoms with Gasteiger partial charge in [-0.3, -0.25) is 0 Å². The molecule has 0 aliphatic carbocycles. The normalized spacial score (nSPS) is 10.6. The largest absolute Gasteiger partial charge is 0.312 e. The van der Waals surface area contributed by atoms with Gasteiger partial charge >= 0.3 is 0 Å². The molecule has 2 aromatic carbocycles. The molecule has 0 saturated carbocycles. The lowest BCUT2D eigenvalue weighted by Gasteiger charge is -2.06. The highest BCUT2D eigenvalue weighted by molar-refractivity contribution is 6.31. The molecule has 0 heterocycles. The number of rotatable bonds is 5. The van der Waals surface area contributed by atoms with Crippen molar-refractivity contribution in [2.45, 2.75) is 13.0 Å². The summed E-state index contributed by atoms with van der Waals surface area (Å²) in [6.45, 7) is 1.72. The summed E-state index contributed by atoms with van der Waals surface area (Å²) < 4.78 is 0. The van der Waals surface area contributed by atoms with Crippen molar-refractivity contribution in [1.82, 2.24) is 5.32 Å². The van der Waals surface area contributed by atoms with Crippen molar-refractivity contribution in [3.05, 3.63) is 69.7 Å². The summed E-state index contributed by atoms with van der Waals surface area (Å²) in [6, 6.07) is 15.9. The van der Waals surface area contributed by atoms with E-state index in [-0.39, 0.29) is 0 Å². The van der Waals surface area contributed by atoms with E-state index in [2.05, 4.69) is 17.4 Å². The van der Waals surface area contributed by atoms with Gasteiger partial charge in [0.2, 0.25) is 0 Å². The predicted molar refractivity (Wildman–Crippen MR) is 78.3 cm³/mol. The Morgan fingerprint density at radius 3 is 2.33 bits per heavy atom. The van der Waals surface area contributed by atoms with E-state index >= 15 is 0 Å². The Hall–Kier alpha value is -1.02. The number of hydrogen-bond donors (Lipinski definition) is 1. The van der Waals surface area contributed by atoms with Gasteiger partial charge in [-0.1, -0.05) is 53.5 Å². The number of halogens is 2. The molecule has 0 amide bonds. The van der Waals surface area contributed by atoms with Gasteiger partial charge in [0.15, 0.2) is 0 Å². The van der Waals surface area contributed by atoms with Gasteiger partial charge in [0, 0.05) is 16.6 Å². The fraction of sp³-hybridized carbons (Fsp3) is 0.200. The van der Waals surface area contributed by atoms with Crippen molar-refractivity contribution in [2.24, 2.45) is 0 Å². The zero-order valence-corrected chi connectivity index (χ0v) is 11.5. The molecule has 94 valence electrons. The standard InChI is InChI=1S/C15H15Cl2N/c16-14-7-5-12(6-8-14)9-10-18-11-13-3-1-2-4-15(13)17/h1-8,18H,9-11H2. The molecule has 0 spiro atoms. The predicted octanol–water partition coefficient (Wildman–Crippen LogP) is 4.33. The monoisotopic (exact) mass is 279 g/mol. The summed E-state index contributed by atoms with van der Waals surface area (Å²) in [7, 11) is 0. The van der Waals surface area contributed by atoms with Crippen molar-refractivity contribution in [3.8, 4) is 0 Å². The summed E-state index contributed by atoms with van der Waals surface area (Å²) in [5.74, 6) is 0. The molecule has 1 N–H and O–H groups in total. The van der Waals surface area contributed by atoms with Crippen molar-refractivity contribution in [2.75, 3.05) is 6.54 Å². The minimum Gasteiger partial charge on any atom is -0.312 e. The van der Waals surface area contributed by atoms with Crippen molar-refractivity contribution >= 4 is 23.2 Å². The highest BCUT2D eigenvalue weighted by atomic mass is 35.5. The summed E-state index contributed by atoms with van der Waals surface area (Å²) >= 11 is 11.9. The van der Waals surface area contributed by atoms with Crippen LogP contribution in [0, 0.1) is 0 Å². The highest BCUT2D eigenvalue weighted by Crippen LogP contribution is 2.14. The second-order valence-corrected chi connectivity index (χ2v) is 4.99. The number of nitrogens with one attached hydrogen (secondary N) is 1. The minimum atomic E-state index is 0.780. The first-order chi connectivity index (χ1) is 8.75. The fourth-order valence-electron chi connectivity index (χ4n) is 1.75. The molecule has 2 aromatic rings. The van der Waals surface area contributed by atoms with Crippen LogP contribution < -0.4 is 5.32 Å². The van der Waals surface area contributed by atoms with Crippen LogP contribution in [0.2, 0.25) is 10.0 Å². The summed E-state index contributed by atoms with van der Waals surface area (Å²) in [6.07, 6.45) is 0.988. The molecule has 0 saturated heterocycles. The lowest BCUT2D eigenvalue weighted by molar-refractivity contribution is 0.687. The third-order valence-corrected chi connectivity index (χ3v) is 3.40. The maximum absolute atomic E-state index is 6.08. The Morgan fingerprint density at radius 1 is 0.889 bits per heavy atom. The molecule has 0 radical (unpaired) electrons. The van der Waals surface area contributed by atoms with Gasteiger partial charge in [-0.05, 0) is 42.3 Å². The number of benzene rings is 2. The molecule has 0 aliphatic rings. The third-order valence-electron chi connectivity index (χ3n) is 2.78. The van der Waals surface area contributed by atoms with Gasteiger partial charge in [0.25, 0.3) is 0 Å². The first kappa shape index (κ1) is 13.4. The van der Waals surface area contributed by atoms with Crippen molar-refractivity contribution < 1.29 is 0 Å². The topological polar surface area (TPSA) is 12.0 Å². The molecular weight excluding hydrogens is 265 g/mol. The Morgan fingerprint density at radius 2 is 1.61 bits per heavy atom. The smallest absolute Gasteiger partial charge is 0.0450 e. The van der Waals surface area contributed by atoms with E-state index in [9.17, 15) is 0 Å². The average molecular weight is 280 g/mol. The second-order valence-electron chi connectivity index (χ2n) is 4.14. The Bertz CT molecular complexity index is 494. The first-order valence-electron chi connectivity index (χ1n) is 5.94. The van der Waals surface area contributed by atoms with Crippen LogP contribution in [0.15, 0.2) is 48.5 Å². The van der Waals surface area contributed by atoms with Crippen LogP contribution >= 0.6 is 23.2 Å². The van der Waals surface area contributed by atoms with Crippen LogP contribution in [0.25, 0.3) is 0 Å². The van der Waals surface area contributed by atoms with Gasteiger partial charge in [-0.25, -0.2) is 0 Å². The van der Waals surface area contributed by atoms with Gasteiger partial charge in [-0.2, -0.15) is 0 Å². The average Bonchev–Trinajstić information content (AvgIpc) is 2.39. The zero-order chi connectivity index (χ0) is 12.8. The van der Waals surface area contributed by atoms with Gasteiger partial charge < -0.3 is 5.32 Å². The van der Waals surface area contributed by atoms with E-state index in [1.165, 1.54) is 5.56 Å². The molecule has 0 aliphatic heterocycles. The third kappa shape index (κ3) is 4.02. The number of hydrogen-bond acceptors (Lipinski definition) is 1. The molecule has 0 atom stereocenters. The summed E-state index contributed by atoms with van der Waals surface area (Å²) in [5, 5.41) is 4.98. The van der Waals surface area contributed by atoms with Crippen LogP contribution in [-0.4, -0.2) is 6.54 Å². The molecule has 3 heteroatoms. The molecule has 1 nitrogen and oxygen atoms in total. The lowest BCUT2D eigenvalue weighted by atomic mass is 10.1. The van der Waals surface area contributed by atoms with Gasteiger partial charge in [-0.15, -0.1) is 0 Å². The summed E-state index contributed by atoms with van der Waals surface area (Å²) in [4.78, 5) is 0. The maximum atomic E-state index is 6.08. The highest BCUT2D eigenvalue weighted by Gasteiger charge is 1.98. The van der Waals surface area contributed by atoms with Crippen molar-refractivity contribution in [1.29, 1.82) is 0 Å². The quantitative estimate of drug-likeness (QED) is 0.804. The van der Waals surface area contributed by atoms with Crippen LogP contribution in [-0.2, 0) is 13.0 Å². The summed E-state index contributed by atoms with van der Waals surface area (Å²) in [5.41, 5.74) is 2.42. The Balaban J connectivity index is 1.76.